The maximum atomic E-state index is 12.8. The summed E-state index contributed by atoms with van der Waals surface area (Å²) in [5.41, 5.74) is -0.464. The molecule has 3 aromatic carbocycles. The van der Waals surface area contributed by atoms with Crippen molar-refractivity contribution in [3.63, 3.8) is 0 Å². The first-order chi connectivity index (χ1) is 25.3. The predicted molar refractivity (Wildman–Crippen MR) is 186 cm³/mol. The summed E-state index contributed by atoms with van der Waals surface area (Å²) in [5, 5.41) is 56.9. The minimum Gasteiger partial charge on any atom is -0.505 e. The Morgan fingerprint density at radius 1 is 0.925 bits per heavy atom. The van der Waals surface area contributed by atoms with Gasteiger partial charge >= 0.3 is 0 Å². The Labute approximate surface area is 316 Å². The second kappa shape index (κ2) is 19.9. The van der Waals surface area contributed by atoms with Gasteiger partial charge in [0.05, 0.1) is 45.6 Å². The summed E-state index contributed by atoms with van der Waals surface area (Å²) in [6.45, 7) is -0.0393. The van der Waals surface area contributed by atoms with Crippen LogP contribution < -0.4 is 10.2 Å². The minimum absolute atomic E-state index is 0.0431. The molecule has 0 saturated heterocycles. The minimum atomic E-state index is -5.08. The van der Waals surface area contributed by atoms with Gasteiger partial charge in [0.2, 0.25) is 17.2 Å². The smallest absolute Gasteiger partial charge is 0.297 e. The first-order valence-corrected chi connectivity index (χ1v) is 19.5. The Hall–Kier alpha value is -3.27. The first-order valence-electron chi connectivity index (χ1n) is 13.7. The molecule has 0 fully saturated rings. The number of nitrogens with zero attached hydrogens (tertiary/aromatic N) is 6. The Balaban J connectivity index is 1.68. The van der Waals surface area contributed by atoms with Crippen molar-refractivity contribution < 1.29 is 74.6 Å². The van der Waals surface area contributed by atoms with Crippen molar-refractivity contribution in [2.24, 2.45) is 10.2 Å². The van der Waals surface area contributed by atoms with Gasteiger partial charge in [-0.2, -0.15) is 28.5 Å². The van der Waals surface area contributed by atoms with E-state index >= 15 is 0 Å². The molecule has 0 aliphatic rings. The molecule has 23 nitrogen and oxygen atoms in total. The highest BCUT2D eigenvalue weighted by Gasteiger charge is 2.26. The molecule has 4 aromatic rings. The summed E-state index contributed by atoms with van der Waals surface area (Å²) in [5.74, 6) is -1.02. The Morgan fingerprint density at radius 2 is 1.64 bits per heavy atom. The number of fused-ring (bicyclic) bond motifs is 1. The van der Waals surface area contributed by atoms with Crippen molar-refractivity contribution in [3.05, 3.63) is 47.7 Å². The van der Waals surface area contributed by atoms with E-state index in [0.717, 1.165) is 18.1 Å². The Morgan fingerprint density at radius 3 is 2.32 bits per heavy atom. The van der Waals surface area contributed by atoms with Crippen LogP contribution in [0.1, 0.15) is 0 Å². The molecule has 0 atom stereocenters. The number of nitrogens with one attached hydrogen (secondary N) is 1. The quantitative estimate of drug-likeness (QED) is 0.0150. The average Bonchev–Trinajstić information content (AvgIpc) is 3.11. The normalized spacial score (nSPS) is 12.2. The fourth-order valence-corrected chi connectivity index (χ4v) is 7.51. The summed E-state index contributed by atoms with van der Waals surface area (Å²) in [6, 6.07) is 8.67. The lowest BCUT2D eigenvalue weighted by molar-refractivity contribution is -0.434. The fourth-order valence-electron chi connectivity index (χ4n) is 4.15. The van der Waals surface area contributed by atoms with Crippen LogP contribution in [0.3, 0.4) is 0 Å². The van der Waals surface area contributed by atoms with Gasteiger partial charge in [0.25, 0.3) is 10.1 Å². The highest BCUT2D eigenvalue weighted by atomic mass is 35.5. The van der Waals surface area contributed by atoms with Gasteiger partial charge in [-0.15, -0.1) is 18.1 Å². The van der Waals surface area contributed by atoms with Crippen molar-refractivity contribution in [1.82, 2.24) is 15.0 Å². The standard InChI is InChI=1S/C24H24ClN7O16S5/c1-32(8-10-49-46-43-34)24-28-22(25)27-23(29-24)26-17-7-6-15-16(21(17)53(39,40)41)12-18(50-47-44-35)19(20(15)33)31-30-13-2-4-14(5-3-13)52(37,38)11-9-42-51-48-45-36/h2-7,12,33-36H,8-11H2,1H3,(H,39,40,41)(H,26,27,28,29). The van der Waals surface area contributed by atoms with Crippen molar-refractivity contribution in [3.8, 4) is 5.75 Å². The molecule has 0 unspecified atom stereocenters. The molecule has 1 heterocycles. The van der Waals surface area contributed by atoms with E-state index in [-0.39, 0.29) is 98.1 Å². The average molecular weight is 862 g/mol. The zero-order valence-electron chi connectivity index (χ0n) is 26.2. The van der Waals surface area contributed by atoms with Gasteiger partial charge in [0, 0.05) is 42.2 Å². The molecule has 29 heteroatoms. The van der Waals surface area contributed by atoms with Crippen LogP contribution in [0, 0.1) is 0 Å². The van der Waals surface area contributed by atoms with E-state index in [1.807, 2.05) is 0 Å². The number of aromatic hydroxyl groups is 1. The second-order valence-corrected chi connectivity index (χ2v) is 15.4. The Bertz CT molecular complexity index is 2120. The third-order valence-electron chi connectivity index (χ3n) is 6.37. The highest BCUT2D eigenvalue weighted by molar-refractivity contribution is 7.95. The molecular formula is C24H24ClN7O16S5. The van der Waals surface area contributed by atoms with Gasteiger partial charge in [0.15, 0.2) is 27.9 Å². The summed E-state index contributed by atoms with van der Waals surface area (Å²) >= 11 is 7.37. The molecule has 0 spiro atoms. The van der Waals surface area contributed by atoms with Crippen LogP contribution in [0.4, 0.5) is 29.0 Å². The van der Waals surface area contributed by atoms with Crippen molar-refractivity contribution in [2.45, 2.75) is 14.7 Å². The van der Waals surface area contributed by atoms with Crippen LogP contribution in [0.2, 0.25) is 5.28 Å². The molecule has 0 radical (unpaired) electrons. The predicted octanol–water partition coefficient (Wildman–Crippen LogP) is 5.50. The number of benzene rings is 3. The number of phenols is 1. The number of aromatic nitrogens is 3. The lowest BCUT2D eigenvalue weighted by atomic mass is 10.1. The van der Waals surface area contributed by atoms with E-state index in [0.29, 0.717) is 0 Å². The van der Waals surface area contributed by atoms with Crippen LogP contribution in [0.5, 0.6) is 5.75 Å². The zero-order chi connectivity index (χ0) is 38.6. The van der Waals surface area contributed by atoms with Gasteiger partial charge in [-0.3, -0.25) is 8.74 Å². The first kappa shape index (κ1) is 42.5. The van der Waals surface area contributed by atoms with Crippen LogP contribution in [0.15, 0.2) is 67.4 Å². The molecule has 6 N–H and O–H groups in total. The largest absolute Gasteiger partial charge is 0.505 e. The molecule has 0 aliphatic carbocycles. The fraction of sp³-hybridized carbons (Fsp3) is 0.208. The number of hydrogen-bond acceptors (Lipinski definition) is 25. The second-order valence-electron chi connectivity index (χ2n) is 9.59. The van der Waals surface area contributed by atoms with Crippen LogP contribution in [0.25, 0.3) is 10.8 Å². The Kier molecular flexibility index (Phi) is 15.9. The summed E-state index contributed by atoms with van der Waals surface area (Å²) in [4.78, 5) is 12.7. The van der Waals surface area contributed by atoms with E-state index in [2.05, 4.69) is 58.6 Å². The number of sulfone groups is 1. The number of anilines is 3. The van der Waals surface area contributed by atoms with E-state index < -0.39 is 36.4 Å². The lowest BCUT2D eigenvalue weighted by Gasteiger charge is -2.18. The third kappa shape index (κ3) is 11.9. The third-order valence-corrected chi connectivity index (χ3v) is 10.7. The van der Waals surface area contributed by atoms with Crippen LogP contribution in [-0.2, 0) is 52.3 Å². The van der Waals surface area contributed by atoms with Gasteiger partial charge in [-0.25, -0.2) is 24.2 Å². The van der Waals surface area contributed by atoms with Crippen molar-refractivity contribution >= 4 is 108 Å². The lowest BCUT2D eigenvalue weighted by Crippen LogP contribution is -2.23. The number of phenolic OH excluding ortho intramolecular Hbond substituents is 1. The maximum Gasteiger partial charge on any atom is 0.297 e. The topological polar surface area (TPSA) is 313 Å². The number of azo groups is 1. The maximum absolute atomic E-state index is 12.8. The van der Waals surface area contributed by atoms with Crippen LogP contribution >= 0.6 is 48.0 Å². The zero-order valence-corrected chi connectivity index (χ0v) is 31.0. The van der Waals surface area contributed by atoms with E-state index in [4.69, 9.17) is 31.6 Å². The van der Waals surface area contributed by atoms with E-state index in [1.165, 1.54) is 41.3 Å². The summed E-state index contributed by atoms with van der Waals surface area (Å²) in [6.07, 6.45) is 0. The number of rotatable bonds is 21. The molecule has 288 valence electrons. The summed E-state index contributed by atoms with van der Waals surface area (Å²) in [7, 11) is -7.30. The van der Waals surface area contributed by atoms with Gasteiger partial charge in [0.1, 0.15) is 10.6 Å². The number of hydrogen-bond donors (Lipinski definition) is 6. The number of halogens is 1. The van der Waals surface area contributed by atoms with Crippen LogP contribution in [-0.4, -0.2) is 88.9 Å². The molecule has 53 heavy (non-hydrogen) atoms. The van der Waals surface area contributed by atoms with Gasteiger partial charge in [-0.1, -0.05) is 15.1 Å². The highest BCUT2D eigenvalue weighted by Crippen LogP contribution is 2.47. The molecule has 0 amide bonds. The summed E-state index contributed by atoms with van der Waals surface area (Å²) < 4.78 is 78.6. The van der Waals surface area contributed by atoms with Gasteiger partial charge < -0.3 is 15.3 Å². The molecular weight excluding hydrogens is 838 g/mol. The molecule has 0 aliphatic heterocycles. The molecule has 1 aromatic heterocycles. The molecule has 0 saturated carbocycles. The molecule has 4 rings (SSSR count). The van der Waals surface area contributed by atoms with E-state index in [1.54, 1.807) is 7.05 Å². The van der Waals surface area contributed by atoms with Crippen molar-refractivity contribution in [2.75, 3.05) is 41.9 Å². The van der Waals surface area contributed by atoms with E-state index in [9.17, 15) is 26.5 Å². The van der Waals surface area contributed by atoms with Gasteiger partial charge in [-0.05, 0) is 54.1 Å². The molecule has 0 bridgehead atoms. The van der Waals surface area contributed by atoms with Crippen molar-refractivity contribution in [1.29, 1.82) is 0 Å². The SMILES string of the molecule is CN(CCSOOO)c1nc(Cl)nc(Nc2ccc3c(O)c(N=Nc4ccc(S(=O)(=O)CCOSOOO)cc4)c(SOOO)cc3c2S(=O)(=O)O)n1. The monoisotopic (exact) mass is 861 g/mol.